The molecule has 0 aliphatic carbocycles. The van der Waals surface area contributed by atoms with Crippen molar-refractivity contribution in [3.8, 4) is 0 Å². The van der Waals surface area contributed by atoms with Crippen LogP contribution in [0.25, 0.3) is 0 Å². The number of carboxylic acid groups (broad SMARTS) is 1. The minimum absolute atomic E-state index is 0. The topological polar surface area (TPSA) is 74.7 Å². The van der Waals surface area contributed by atoms with Crippen LogP contribution in [0.5, 0.6) is 0 Å². The van der Waals surface area contributed by atoms with Crippen LogP contribution in [0.4, 0.5) is 4.39 Å². The Balaban J connectivity index is 0.00000400. The molecule has 120 valence electrons. The minimum Gasteiger partial charge on any atom is -0.480 e. The first-order valence-corrected chi connectivity index (χ1v) is 7.80. The predicted octanol–water partition coefficient (Wildman–Crippen LogP) is 1.82. The van der Waals surface area contributed by atoms with Gasteiger partial charge in [-0.05, 0) is 51.2 Å². The Morgan fingerprint density at radius 3 is 2.33 bits per heavy atom. The highest BCUT2D eigenvalue weighted by molar-refractivity contribution is 7.91. The van der Waals surface area contributed by atoms with Crippen LogP contribution in [0.15, 0.2) is 29.2 Å². The molecule has 1 N–H and O–H groups in total. The smallest absolute Gasteiger partial charge is 0.320 e. The van der Waals surface area contributed by atoms with E-state index in [1.807, 2.05) is 0 Å². The molecule has 21 heavy (non-hydrogen) atoms. The molecule has 1 aromatic carbocycles. The van der Waals surface area contributed by atoms with Crippen molar-refractivity contribution >= 4 is 28.2 Å². The highest BCUT2D eigenvalue weighted by Gasteiger charge is 2.18. The van der Waals surface area contributed by atoms with Crippen molar-refractivity contribution < 1.29 is 22.7 Å². The molecular weight excluding hydrogens is 321 g/mol. The lowest BCUT2D eigenvalue weighted by Crippen LogP contribution is -2.36. The third kappa shape index (κ3) is 5.99. The van der Waals surface area contributed by atoms with E-state index in [1.54, 1.807) is 11.9 Å². The molecule has 1 atom stereocenters. The molecule has 0 spiro atoms. The van der Waals surface area contributed by atoms with Crippen LogP contribution in [-0.4, -0.2) is 49.8 Å². The van der Waals surface area contributed by atoms with Gasteiger partial charge in [-0.15, -0.1) is 12.4 Å². The second kappa shape index (κ2) is 8.31. The first-order chi connectivity index (χ1) is 9.24. The molecule has 1 aromatic rings. The average Bonchev–Trinajstić information content (AvgIpc) is 2.37. The van der Waals surface area contributed by atoms with E-state index in [-0.39, 0.29) is 23.1 Å². The molecule has 0 bridgehead atoms. The van der Waals surface area contributed by atoms with E-state index >= 15 is 0 Å². The number of aliphatic carboxylic acids is 1. The quantitative estimate of drug-likeness (QED) is 0.767. The summed E-state index contributed by atoms with van der Waals surface area (Å²) in [6, 6.07) is 4.00. The van der Waals surface area contributed by atoms with Gasteiger partial charge in [0.15, 0.2) is 9.84 Å². The van der Waals surface area contributed by atoms with Gasteiger partial charge in [0.05, 0.1) is 10.6 Å². The van der Waals surface area contributed by atoms with Crippen LogP contribution in [0, 0.1) is 5.82 Å². The molecule has 0 amide bonds. The summed E-state index contributed by atoms with van der Waals surface area (Å²) in [4.78, 5) is 12.4. The summed E-state index contributed by atoms with van der Waals surface area (Å²) in [5, 5.41) is 8.82. The Kier molecular flexibility index (Phi) is 7.84. The zero-order valence-electron chi connectivity index (χ0n) is 11.8. The number of halogens is 2. The summed E-state index contributed by atoms with van der Waals surface area (Å²) in [5.41, 5.74) is 0. The van der Waals surface area contributed by atoms with Crippen LogP contribution in [0.1, 0.15) is 13.3 Å². The number of likely N-dealkylation sites (N-methyl/N-ethyl adjacent to an activating group) is 1. The molecule has 0 aliphatic rings. The van der Waals surface area contributed by atoms with Gasteiger partial charge in [0.25, 0.3) is 0 Å². The van der Waals surface area contributed by atoms with E-state index in [0.29, 0.717) is 13.0 Å². The van der Waals surface area contributed by atoms with Gasteiger partial charge in [-0.1, -0.05) is 0 Å². The van der Waals surface area contributed by atoms with E-state index in [4.69, 9.17) is 5.11 Å². The Morgan fingerprint density at radius 1 is 1.33 bits per heavy atom. The standard InChI is InChI=1S/C13H18FNO4S.ClH/c1-10(13(16)17)15(2)8-3-9-20(18,19)12-6-4-11(14)5-7-12;/h4-7,10H,3,8-9H2,1-2H3,(H,16,17);1H. The van der Waals surface area contributed by atoms with Gasteiger partial charge >= 0.3 is 5.97 Å². The number of carboxylic acids is 1. The van der Waals surface area contributed by atoms with Crippen molar-refractivity contribution in [3.63, 3.8) is 0 Å². The van der Waals surface area contributed by atoms with Crippen LogP contribution < -0.4 is 0 Å². The fourth-order valence-electron chi connectivity index (χ4n) is 1.65. The number of hydrogen-bond donors (Lipinski definition) is 1. The largest absolute Gasteiger partial charge is 0.480 e. The molecule has 5 nitrogen and oxygen atoms in total. The molecule has 0 aliphatic heterocycles. The second-order valence-electron chi connectivity index (χ2n) is 4.62. The lowest BCUT2D eigenvalue weighted by atomic mass is 10.3. The SMILES string of the molecule is CC(C(=O)O)N(C)CCCS(=O)(=O)c1ccc(F)cc1.Cl. The van der Waals surface area contributed by atoms with Crippen LogP contribution in [0.2, 0.25) is 0 Å². The van der Waals surface area contributed by atoms with Crippen molar-refractivity contribution in [3.05, 3.63) is 30.1 Å². The number of hydrogen-bond acceptors (Lipinski definition) is 4. The molecule has 1 unspecified atom stereocenters. The molecule has 0 saturated heterocycles. The summed E-state index contributed by atoms with van der Waals surface area (Å²) < 4.78 is 36.7. The van der Waals surface area contributed by atoms with Gasteiger partial charge < -0.3 is 5.11 Å². The number of sulfone groups is 1. The van der Waals surface area contributed by atoms with Crippen molar-refractivity contribution in [1.82, 2.24) is 4.90 Å². The van der Waals surface area contributed by atoms with Gasteiger partial charge in [-0.25, -0.2) is 12.8 Å². The van der Waals surface area contributed by atoms with Gasteiger partial charge in [0, 0.05) is 0 Å². The van der Waals surface area contributed by atoms with Gasteiger partial charge in [-0.3, -0.25) is 9.69 Å². The minimum atomic E-state index is -3.46. The maximum Gasteiger partial charge on any atom is 0.320 e. The monoisotopic (exact) mass is 339 g/mol. The third-order valence-corrected chi connectivity index (χ3v) is 4.93. The number of rotatable bonds is 7. The Hall–Kier alpha value is -1.18. The van der Waals surface area contributed by atoms with Gasteiger partial charge in [-0.2, -0.15) is 0 Å². The Bertz CT molecular complexity index is 562. The van der Waals surface area contributed by atoms with E-state index in [2.05, 4.69) is 0 Å². The van der Waals surface area contributed by atoms with E-state index < -0.39 is 27.7 Å². The van der Waals surface area contributed by atoms with Crippen molar-refractivity contribution in [2.24, 2.45) is 0 Å². The molecule has 0 radical (unpaired) electrons. The molecule has 0 fully saturated rings. The molecular formula is C13H19ClFNO4S. The number of benzene rings is 1. The molecule has 8 heteroatoms. The number of carbonyl (C=O) groups is 1. The van der Waals surface area contributed by atoms with E-state index in [9.17, 15) is 17.6 Å². The van der Waals surface area contributed by atoms with E-state index in [1.165, 1.54) is 19.1 Å². The fraction of sp³-hybridized carbons (Fsp3) is 0.462. The summed E-state index contributed by atoms with van der Waals surface area (Å²) in [5.74, 6) is -1.54. The van der Waals surface area contributed by atoms with Crippen molar-refractivity contribution in [2.45, 2.75) is 24.3 Å². The Morgan fingerprint density at radius 2 is 1.86 bits per heavy atom. The lowest BCUT2D eigenvalue weighted by Gasteiger charge is -2.20. The van der Waals surface area contributed by atoms with Crippen molar-refractivity contribution in [1.29, 1.82) is 0 Å². The molecule has 0 heterocycles. The maximum absolute atomic E-state index is 12.7. The summed E-state index contributed by atoms with van der Waals surface area (Å²) in [6.07, 6.45) is 0.313. The zero-order valence-corrected chi connectivity index (χ0v) is 13.5. The normalized spacial score (nSPS) is 12.8. The van der Waals surface area contributed by atoms with Crippen LogP contribution in [0.3, 0.4) is 0 Å². The second-order valence-corrected chi connectivity index (χ2v) is 6.73. The van der Waals surface area contributed by atoms with Gasteiger partial charge in [0.1, 0.15) is 11.9 Å². The summed E-state index contributed by atoms with van der Waals surface area (Å²) in [7, 11) is -1.83. The molecule has 0 aromatic heterocycles. The van der Waals surface area contributed by atoms with E-state index in [0.717, 1.165) is 12.1 Å². The lowest BCUT2D eigenvalue weighted by molar-refractivity contribution is -0.142. The average molecular weight is 340 g/mol. The first-order valence-electron chi connectivity index (χ1n) is 6.15. The maximum atomic E-state index is 12.7. The molecule has 0 saturated carbocycles. The van der Waals surface area contributed by atoms with Crippen LogP contribution in [-0.2, 0) is 14.6 Å². The summed E-state index contributed by atoms with van der Waals surface area (Å²) in [6.45, 7) is 1.89. The van der Waals surface area contributed by atoms with Crippen molar-refractivity contribution in [2.75, 3.05) is 19.3 Å². The highest BCUT2D eigenvalue weighted by atomic mass is 35.5. The third-order valence-electron chi connectivity index (χ3n) is 3.12. The first kappa shape index (κ1) is 19.8. The van der Waals surface area contributed by atoms with Gasteiger partial charge in [0.2, 0.25) is 0 Å². The summed E-state index contributed by atoms with van der Waals surface area (Å²) >= 11 is 0. The zero-order chi connectivity index (χ0) is 15.3. The molecule has 1 rings (SSSR count). The predicted molar refractivity (Wildman–Crippen MR) is 80.0 cm³/mol. The fourth-order valence-corrected chi connectivity index (χ4v) is 2.94. The number of nitrogens with zero attached hydrogens (tertiary/aromatic N) is 1. The van der Waals surface area contributed by atoms with Crippen LogP contribution >= 0.6 is 12.4 Å². The Labute approximate surface area is 130 Å². The highest BCUT2D eigenvalue weighted by Crippen LogP contribution is 2.13.